The number of hydrogen-bond acceptors (Lipinski definition) is 2. The molecule has 220 valence electrons. The molecule has 0 N–H and O–H groups in total. The lowest BCUT2D eigenvalue weighted by atomic mass is 10.0. The van der Waals surface area contributed by atoms with Gasteiger partial charge in [-0.25, -0.2) is 0 Å². The van der Waals surface area contributed by atoms with Gasteiger partial charge in [-0.15, -0.1) is 0 Å². The Morgan fingerprint density at radius 3 is 1.34 bits per heavy atom. The van der Waals surface area contributed by atoms with Gasteiger partial charge in [-0.1, -0.05) is 124 Å². The van der Waals surface area contributed by atoms with Gasteiger partial charge in [0, 0.05) is 6.42 Å². The van der Waals surface area contributed by atoms with Crippen molar-refractivity contribution < 1.29 is 9.53 Å². The number of carbonyl (C=O) groups excluding carboxylic acids is 1. The number of hydrogen-bond donors (Lipinski definition) is 0. The van der Waals surface area contributed by atoms with Crippen LogP contribution < -0.4 is 0 Å². The zero-order valence-corrected chi connectivity index (χ0v) is 26.5. The monoisotopic (exact) mass is 528 g/mol. The molecule has 0 atom stereocenters. The van der Waals surface area contributed by atoms with Crippen LogP contribution in [0, 0.1) is 0 Å². The van der Waals surface area contributed by atoms with Crippen LogP contribution in [0.5, 0.6) is 0 Å². The maximum Gasteiger partial charge on any atom is 0.306 e. The van der Waals surface area contributed by atoms with Gasteiger partial charge in [0.05, 0.1) is 0 Å². The highest BCUT2D eigenvalue weighted by atomic mass is 16.5. The van der Waals surface area contributed by atoms with Gasteiger partial charge in [-0.3, -0.25) is 4.79 Å². The summed E-state index contributed by atoms with van der Waals surface area (Å²) in [7, 11) is 0. The first kappa shape index (κ1) is 36.4. The fourth-order valence-electron chi connectivity index (χ4n) is 4.62. The van der Waals surface area contributed by atoms with Crippen molar-refractivity contribution in [3.8, 4) is 0 Å². The van der Waals surface area contributed by atoms with Crippen LogP contribution in [0.4, 0.5) is 0 Å². The van der Waals surface area contributed by atoms with E-state index in [1.165, 1.54) is 99.3 Å². The first-order valence-electron chi connectivity index (χ1n) is 16.1. The zero-order valence-electron chi connectivity index (χ0n) is 26.5. The molecule has 0 spiro atoms. The third kappa shape index (κ3) is 27.5. The molecule has 0 fully saturated rings. The first-order chi connectivity index (χ1) is 18.3. The van der Waals surface area contributed by atoms with Crippen LogP contribution >= 0.6 is 0 Å². The predicted octanol–water partition coefficient (Wildman–Crippen LogP) is 12.2. The number of esters is 1. The molecule has 0 unspecified atom stereocenters. The second-order valence-corrected chi connectivity index (χ2v) is 11.7. The van der Waals surface area contributed by atoms with Crippen LogP contribution in [0.15, 0.2) is 46.6 Å². The molecule has 38 heavy (non-hydrogen) atoms. The minimum Gasteiger partial charge on any atom is -0.461 e. The quantitative estimate of drug-likeness (QED) is 0.0669. The van der Waals surface area contributed by atoms with Crippen molar-refractivity contribution in [2.75, 3.05) is 6.61 Å². The molecule has 0 heterocycles. The summed E-state index contributed by atoms with van der Waals surface area (Å²) < 4.78 is 5.42. The summed E-state index contributed by atoms with van der Waals surface area (Å²) in [6.45, 7) is 13.7. The largest absolute Gasteiger partial charge is 0.461 e. The van der Waals surface area contributed by atoms with Gasteiger partial charge in [0.2, 0.25) is 0 Å². The van der Waals surface area contributed by atoms with Crippen molar-refractivity contribution in [1.82, 2.24) is 0 Å². The number of carbonyl (C=O) groups is 1. The third-order valence-corrected chi connectivity index (χ3v) is 7.31. The average Bonchev–Trinajstić information content (AvgIpc) is 2.86. The summed E-state index contributed by atoms with van der Waals surface area (Å²) in [5, 5.41) is 0. The van der Waals surface area contributed by atoms with E-state index in [2.05, 4.69) is 65.8 Å². The highest BCUT2D eigenvalue weighted by molar-refractivity contribution is 5.69. The number of allylic oxidation sites excluding steroid dienone is 7. The van der Waals surface area contributed by atoms with Crippen molar-refractivity contribution in [2.45, 2.75) is 170 Å². The highest BCUT2D eigenvalue weighted by Gasteiger charge is 2.02. The Bertz CT molecular complexity index is 688. The lowest BCUT2D eigenvalue weighted by molar-refractivity contribution is -0.142. The molecule has 0 saturated heterocycles. The normalized spacial score (nSPS) is 12.6. The van der Waals surface area contributed by atoms with Crippen LogP contribution in [-0.2, 0) is 9.53 Å². The van der Waals surface area contributed by atoms with Crippen LogP contribution in [0.25, 0.3) is 0 Å². The Labute approximate surface area is 238 Å². The Hall–Kier alpha value is -1.57. The second kappa shape index (κ2) is 27.0. The van der Waals surface area contributed by atoms with E-state index in [0.717, 1.165) is 44.9 Å². The highest BCUT2D eigenvalue weighted by Crippen LogP contribution is 2.15. The van der Waals surface area contributed by atoms with E-state index >= 15 is 0 Å². The molecular weight excluding hydrogens is 464 g/mol. The van der Waals surface area contributed by atoms with E-state index in [1.54, 1.807) is 0 Å². The fourth-order valence-corrected chi connectivity index (χ4v) is 4.62. The Morgan fingerprint density at radius 1 is 0.500 bits per heavy atom. The molecule has 0 aliphatic rings. The van der Waals surface area contributed by atoms with Gasteiger partial charge in [0.1, 0.15) is 6.61 Å². The zero-order chi connectivity index (χ0) is 28.3. The van der Waals surface area contributed by atoms with Gasteiger partial charge in [-0.05, 0) is 85.6 Å². The lowest BCUT2D eigenvalue weighted by Gasteiger charge is -2.05. The van der Waals surface area contributed by atoms with E-state index in [1.807, 2.05) is 0 Å². The minimum atomic E-state index is -0.0444. The topological polar surface area (TPSA) is 26.3 Å². The third-order valence-electron chi connectivity index (χ3n) is 7.31. The summed E-state index contributed by atoms with van der Waals surface area (Å²) in [6.07, 6.45) is 33.6. The summed E-state index contributed by atoms with van der Waals surface area (Å²) in [4.78, 5) is 12.0. The van der Waals surface area contributed by atoms with Crippen LogP contribution in [0.2, 0.25) is 0 Å². The van der Waals surface area contributed by atoms with Crippen LogP contribution in [0.1, 0.15) is 170 Å². The maximum absolute atomic E-state index is 12.0. The number of ether oxygens (including phenoxy) is 1. The predicted molar refractivity (Wildman–Crippen MR) is 170 cm³/mol. The maximum atomic E-state index is 12.0. The summed E-state index contributed by atoms with van der Waals surface area (Å²) in [5.74, 6) is -0.0444. The molecule has 2 nitrogen and oxygen atoms in total. The van der Waals surface area contributed by atoms with E-state index in [9.17, 15) is 4.79 Å². The second-order valence-electron chi connectivity index (χ2n) is 11.7. The molecule has 0 aromatic carbocycles. The van der Waals surface area contributed by atoms with Gasteiger partial charge in [0.15, 0.2) is 0 Å². The minimum absolute atomic E-state index is 0.0444. The van der Waals surface area contributed by atoms with Crippen molar-refractivity contribution in [2.24, 2.45) is 0 Å². The van der Waals surface area contributed by atoms with Gasteiger partial charge in [-0.2, -0.15) is 0 Å². The van der Waals surface area contributed by atoms with E-state index < -0.39 is 0 Å². The van der Waals surface area contributed by atoms with E-state index in [4.69, 9.17) is 4.74 Å². The molecule has 0 aliphatic heterocycles. The van der Waals surface area contributed by atoms with Crippen molar-refractivity contribution in [3.05, 3.63) is 46.6 Å². The standard InChI is InChI=1S/C36H64O2/c1-7-8-9-10-11-12-13-14-15-16-17-18-19-29-36(37)38-31-30-35(6)28-22-27-34(5)26-21-25-33(4)24-20-23-32(2)3/h23,25,27,30H,7-22,24,26,28-29,31H2,1-6H3/b33-25+,34-27+,35-30+. The molecule has 2 heteroatoms. The summed E-state index contributed by atoms with van der Waals surface area (Å²) >= 11 is 0. The molecule has 0 rings (SSSR count). The lowest BCUT2D eigenvalue weighted by Crippen LogP contribution is -2.04. The fraction of sp³-hybridized carbons (Fsp3) is 0.750. The summed E-state index contributed by atoms with van der Waals surface area (Å²) in [6, 6.07) is 0. The molecule has 0 radical (unpaired) electrons. The van der Waals surface area contributed by atoms with Crippen LogP contribution in [-0.4, -0.2) is 12.6 Å². The van der Waals surface area contributed by atoms with Crippen LogP contribution in [0.3, 0.4) is 0 Å². The number of unbranched alkanes of at least 4 members (excludes halogenated alkanes) is 12. The van der Waals surface area contributed by atoms with E-state index in [-0.39, 0.29) is 5.97 Å². The SMILES string of the molecule is CCCCCCCCCCCCCCCC(=O)OC/C=C(\C)CC/C=C(\C)CC/C=C(\C)CCC=C(C)C. The smallest absolute Gasteiger partial charge is 0.306 e. The first-order valence-corrected chi connectivity index (χ1v) is 16.1. The molecule has 0 aromatic heterocycles. The summed E-state index contributed by atoms with van der Waals surface area (Å²) in [5.41, 5.74) is 5.68. The van der Waals surface area contributed by atoms with Crippen molar-refractivity contribution in [1.29, 1.82) is 0 Å². The van der Waals surface area contributed by atoms with Crippen molar-refractivity contribution >= 4 is 5.97 Å². The molecule has 0 saturated carbocycles. The van der Waals surface area contributed by atoms with Gasteiger partial charge < -0.3 is 4.74 Å². The van der Waals surface area contributed by atoms with Gasteiger partial charge >= 0.3 is 5.97 Å². The average molecular weight is 529 g/mol. The molecule has 0 aromatic rings. The Kier molecular flexibility index (Phi) is 25.9. The molecule has 0 amide bonds. The molecule has 0 bridgehead atoms. The van der Waals surface area contributed by atoms with Crippen molar-refractivity contribution in [3.63, 3.8) is 0 Å². The van der Waals surface area contributed by atoms with E-state index in [0.29, 0.717) is 13.0 Å². The Morgan fingerprint density at radius 2 is 0.895 bits per heavy atom. The molecular formula is C36H64O2. The van der Waals surface area contributed by atoms with Gasteiger partial charge in [0.25, 0.3) is 0 Å². The Balaban J connectivity index is 3.71. The molecule has 0 aliphatic carbocycles. The number of rotatable bonds is 25.